The van der Waals surface area contributed by atoms with Gasteiger partial charge in [-0.2, -0.15) is 0 Å². The molecule has 2 amide bonds. The fraction of sp³-hybridized carbons (Fsp3) is 0.565. The second kappa shape index (κ2) is 11.2. The topological polar surface area (TPSA) is 43.9 Å². The van der Waals surface area contributed by atoms with Crippen LogP contribution in [0.5, 0.6) is 0 Å². The molecule has 1 unspecified atom stereocenters. The van der Waals surface area contributed by atoms with Gasteiger partial charge in [0.15, 0.2) is 0 Å². The minimum atomic E-state index is -0.0865. The van der Waals surface area contributed by atoms with Gasteiger partial charge in [0.05, 0.1) is 10.0 Å². The van der Waals surface area contributed by atoms with Crippen molar-refractivity contribution in [1.29, 1.82) is 0 Å². The number of carbonyl (C=O) groups excluding carboxylic acids is 2. The predicted molar refractivity (Wildman–Crippen MR) is 123 cm³/mol. The predicted octanol–water partition coefficient (Wildman–Crippen LogP) is 4.33. The molecule has 0 aromatic heterocycles. The lowest BCUT2D eigenvalue weighted by atomic mass is 10.1. The molecule has 0 spiro atoms. The molecule has 0 saturated carbocycles. The number of amides is 2. The van der Waals surface area contributed by atoms with Crippen molar-refractivity contribution in [1.82, 2.24) is 14.7 Å². The smallest absolute Gasteiger partial charge is 0.246 e. The molecule has 0 aliphatic carbocycles. The molecule has 2 aliphatic rings. The summed E-state index contributed by atoms with van der Waals surface area (Å²) in [6.07, 6.45) is 8.55. The molecule has 2 heterocycles. The summed E-state index contributed by atoms with van der Waals surface area (Å²) in [4.78, 5) is 31.6. The first-order chi connectivity index (χ1) is 14.4. The lowest BCUT2D eigenvalue weighted by Gasteiger charge is -2.30. The Bertz CT molecular complexity index is 778. The van der Waals surface area contributed by atoms with E-state index >= 15 is 0 Å². The van der Waals surface area contributed by atoms with Gasteiger partial charge in [-0.05, 0) is 69.6 Å². The first-order valence-corrected chi connectivity index (χ1v) is 11.6. The third-order valence-corrected chi connectivity index (χ3v) is 6.67. The molecular weight excluding hydrogens is 421 g/mol. The zero-order chi connectivity index (χ0) is 21.5. The summed E-state index contributed by atoms with van der Waals surface area (Å²) in [5.41, 5.74) is 0.815. The quantitative estimate of drug-likeness (QED) is 0.604. The van der Waals surface area contributed by atoms with Gasteiger partial charge < -0.3 is 14.7 Å². The second-order valence-electron chi connectivity index (χ2n) is 8.23. The minimum Gasteiger partial charge on any atom is -0.341 e. The number of hydrogen-bond acceptors (Lipinski definition) is 3. The minimum absolute atomic E-state index is 0.0163. The maximum absolute atomic E-state index is 12.8. The largest absolute Gasteiger partial charge is 0.341 e. The van der Waals surface area contributed by atoms with Gasteiger partial charge in [-0.15, -0.1) is 0 Å². The SMILES string of the molecule is CC1CN(CCCN2CCCCC2)C(=O)CCN1C(=O)C=Cc1ccc(Cl)c(Cl)c1. The molecule has 0 radical (unpaired) electrons. The Hall–Kier alpha value is -1.56. The van der Waals surface area contributed by atoms with Crippen LogP contribution in [0.4, 0.5) is 0 Å². The van der Waals surface area contributed by atoms with E-state index in [0.29, 0.717) is 29.6 Å². The summed E-state index contributed by atoms with van der Waals surface area (Å²) in [6.45, 7) is 7.23. The molecule has 30 heavy (non-hydrogen) atoms. The molecule has 2 aliphatic heterocycles. The van der Waals surface area contributed by atoms with Gasteiger partial charge in [-0.3, -0.25) is 9.59 Å². The summed E-state index contributed by atoms with van der Waals surface area (Å²) in [6, 6.07) is 5.24. The van der Waals surface area contributed by atoms with Crippen molar-refractivity contribution >= 4 is 41.1 Å². The number of hydrogen-bond donors (Lipinski definition) is 0. The fourth-order valence-corrected chi connectivity index (χ4v) is 4.51. The van der Waals surface area contributed by atoms with Crippen molar-refractivity contribution in [2.45, 2.75) is 45.1 Å². The highest BCUT2D eigenvalue weighted by Gasteiger charge is 2.28. The molecule has 2 fully saturated rings. The maximum atomic E-state index is 12.8. The third-order valence-electron chi connectivity index (χ3n) is 5.93. The molecule has 0 bridgehead atoms. The van der Waals surface area contributed by atoms with Crippen molar-refractivity contribution in [3.8, 4) is 0 Å². The summed E-state index contributed by atoms with van der Waals surface area (Å²) < 4.78 is 0. The van der Waals surface area contributed by atoms with Gasteiger partial charge in [0.2, 0.25) is 11.8 Å². The summed E-state index contributed by atoms with van der Waals surface area (Å²) in [5, 5.41) is 0.945. The Balaban J connectivity index is 1.53. The van der Waals surface area contributed by atoms with E-state index in [1.54, 1.807) is 29.2 Å². The average Bonchev–Trinajstić information content (AvgIpc) is 2.88. The van der Waals surface area contributed by atoms with Crippen LogP contribution in [-0.4, -0.2) is 71.8 Å². The Morgan fingerprint density at radius 2 is 1.87 bits per heavy atom. The Labute approximate surface area is 189 Å². The molecular formula is C23H31Cl2N3O2. The van der Waals surface area contributed by atoms with Gasteiger partial charge in [-0.1, -0.05) is 35.7 Å². The van der Waals surface area contributed by atoms with Gasteiger partial charge >= 0.3 is 0 Å². The first-order valence-electron chi connectivity index (χ1n) is 10.9. The number of halogens is 2. The van der Waals surface area contributed by atoms with E-state index in [0.717, 1.165) is 25.1 Å². The number of rotatable bonds is 6. The molecule has 0 N–H and O–H groups in total. The van der Waals surface area contributed by atoms with Crippen LogP contribution >= 0.6 is 23.2 Å². The maximum Gasteiger partial charge on any atom is 0.246 e. The number of piperidine rings is 1. The van der Waals surface area contributed by atoms with Crippen LogP contribution in [0.1, 0.15) is 44.6 Å². The molecule has 1 aromatic rings. The van der Waals surface area contributed by atoms with Crippen LogP contribution in [0.25, 0.3) is 6.08 Å². The molecule has 3 rings (SSSR count). The molecule has 2 saturated heterocycles. The molecule has 5 nitrogen and oxygen atoms in total. The Morgan fingerprint density at radius 3 is 2.60 bits per heavy atom. The van der Waals surface area contributed by atoms with Gasteiger partial charge in [0.25, 0.3) is 0 Å². The number of likely N-dealkylation sites (tertiary alicyclic amines) is 1. The first kappa shape index (κ1) is 23.1. The van der Waals surface area contributed by atoms with Crippen molar-refractivity contribution in [3.63, 3.8) is 0 Å². The monoisotopic (exact) mass is 451 g/mol. The standard InChI is InChI=1S/C23H31Cl2N3O2/c1-18-17-27(14-5-13-26-11-3-2-4-12-26)22(29)10-15-28(18)23(30)9-7-19-6-8-20(24)21(25)16-19/h6-9,16,18H,2-5,10-15,17H2,1H3. The van der Waals surface area contributed by atoms with E-state index in [-0.39, 0.29) is 17.9 Å². The van der Waals surface area contributed by atoms with Gasteiger partial charge in [0.1, 0.15) is 0 Å². The molecule has 1 atom stereocenters. The normalized spacial score (nSPS) is 21.3. The van der Waals surface area contributed by atoms with E-state index in [1.165, 1.54) is 32.4 Å². The highest BCUT2D eigenvalue weighted by atomic mass is 35.5. The number of nitrogens with zero attached hydrogens (tertiary/aromatic N) is 3. The van der Waals surface area contributed by atoms with Crippen molar-refractivity contribution in [2.24, 2.45) is 0 Å². The van der Waals surface area contributed by atoms with Crippen LogP contribution in [0.15, 0.2) is 24.3 Å². The highest BCUT2D eigenvalue weighted by Crippen LogP contribution is 2.23. The van der Waals surface area contributed by atoms with Gasteiger partial charge in [0, 0.05) is 38.2 Å². The summed E-state index contributed by atoms with van der Waals surface area (Å²) in [7, 11) is 0. The Kier molecular flexibility index (Phi) is 8.61. The number of benzene rings is 1. The van der Waals surface area contributed by atoms with E-state index in [1.807, 2.05) is 17.9 Å². The molecule has 1 aromatic carbocycles. The fourth-order valence-electron chi connectivity index (χ4n) is 4.20. The summed E-state index contributed by atoms with van der Waals surface area (Å²) in [5.74, 6) is 0.0563. The molecule has 164 valence electrons. The zero-order valence-corrected chi connectivity index (χ0v) is 19.2. The zero-order valence-electron chi connectivity index (χ0n) is 17.7. The van der Waals surface area contributed by atoms with Gasteiger partial charge in [-0.25, -0.2) is 0 Å². The van der Waals surface area contributed by atoms with Crippen LogP contribution in [-0.2, 0) is 9.59 Å². The van der Waals surface area contributed by atoms with Crippen molar-refractivity contribution < 1.29 is 9.59 Å². The Morgan fingerprint density at radius 1 is 1.10 bits per heavy atom. The number of carbonyl (C=O) groups is 2. The third kappa shape index (κ3) is 6.47. The van der Waals surface area contributed by atoms with E-state index < -0.39 is 0 Å². The lowest BCUT2D eigenvalue weighted by Crippen LogP contribution is -2.43. The molecule has 7 heteroatoms. The summed E-state index contributed by atoms with van der Waals surface area (Å²) >= 11 is 12.0. The van der Waals surface area contributed by atoms with Crippen LogP contribution in [0.3, 0.4) is 0 Å². The second-order valence-corrected chi connectivity index (χ2v) is 9.05. The lowest BCUT2D eigenvalue weighted by molar-refractivity contribution is -0.130. The van der Waals surface area contributed by atoms with E-state index in [4.69, 9.17) is 23.2 Å². The average molecular weight is 452 g/mol. The van der Waals surface area contributed by atoms with Crippen LogP contribution in [0, 0.1) is 0 Å². The van der Waals surface area contributed by atoms with E-state index in [2.05, 4.69) is 4.90 Å². The highest BCUT2D eigenvalue weighted by molar-refractivity contribution is 6.42. The van der Waals surface area contributed by atoms with Crippen LogP contribution in [0.2, 0.25) is 10.0 Å². The van der Waals surface area contributed by atoms with Crippen LogP contribution < -0.4 is 0 Å². The van der Waals surface area contributed by atoms with Crippen molar-refractivity contribution in [3.05, 3.63) is 39.9 Å². The van der Waals surface area contributed by atoms with Crippen molar-refractivity contribution in [2.75, 3.05) is 39.3 Å². The van der Waals surface area contributed by atoms with E-state index in [9.17, 15) is 9.59 Å².